The van der Waals surface area contributed by atoms with Crippen molar-refractivity contribution >= 4 is 6.03 Å². The Bertz CT molecular complexity index is 742. The monoisotopic (exact) mass is 367 g/mol. The molecule has 5 nitrogen and oxygen atoms in total. The molecule has 1 saturated heterocycles. The Kier molecular flexibility index (Phi) is 7.11. The lowest BCUT2D eigenvalue weighted by Gasteiger charge is -2.18. The van der Waals surface area contributed by atoms with Gasteiger partial charge in [-0.1, -0.05) is 42.5 Å². The molecule has 2 amide bonds. The normalized spacial score (nSPS) is 14.1. The van der Waals surface area contributed by atoms with E-state index in [4.69, 9.17) is 4.74 Å². The van der Waals surface area contributed by atoms with E-state index in [0.717, 1.165) is 24.3 Å². The van der Waals surface area contributed by atoms with Crippen LogP contribution in [0.2, 0.25) is 0 Å². The summed E-state index contributed by atoms with van der Waals surface area (Å²) in [6.07, 6.45) is 3.31. The highest BCUT2D eigenvalue weighted by molar-refractivity contribution is 5.73. The summed E-state index contributed by atoms with van der Waals surface area (Å²) in [5, 5.41) is 5.91. The zero-order valence-corrected chi connectivity index (χ0v) is 16.0. The van der Waals surface area contributed by atoms with Gasteiger partial charge in [-0.05, 0) is 55.1 Å². The molecule has 144 valence electrons. The Hall–Kier alpha value is -2.53. The Morgan fingerprint density at radius 3 is 2.37 bits per heavy atom. The van der Waals surface area contributed by atoms with Crippen molar-refractivity contribution in [3.63, 3.8) is 0 Å². The molecule has 1 heterocycles. The minimum Gasteiger partial charge on any atom is -0.496 e. The molecule has 0 radical (unpaired) electrons. The average Bonchev–Trinajstić information content (AvgIpc) is 3.21. The number of carbonyl (C=O) groups is 1. The van der Waals surface area contributed by atoms with Crippen LogP contribution in [0.25, 0.3) is 0 Å². The van der Waals surface area contributed by atoms with Crippen LogP contribution in [-0.2, 0) is 19.5 Å². The SMILES string of the molecule is COc1ccccc1CCNC(=O)NCc1ccccc1CN1CCCC1. The highest BCUT2D eigenvalue weighted by Crippen LogP contribution is 2.17. The summed E-state index contributed by atoms with van der Waals surface area (Å²) >= 11 is 0. The van der Waals surface area contributed by atoms with Gasteiger partial charge >= 0.3 is 6.03 Å². The van der Waals surface area contributed by atoms with Gasteiger partial charge in [0.15, 0.2) is 0 Å². The van der Waals surface area contributed by atoms with Crippen LogP contribution in [0.15, 0.2) is 48.5 Å². The van der Waals surface area contributed by atoms with Crippen LogP contribution in [0.3, 0.4) is 0 Å². The number of nitrogens with one attached hydrogen (secondary N) is 2. The van der Waals surface area contributed by atoms with Crippen LogP contribution in [0.5, 0.6) is 5.75 Å². The van der Waals surface area contributed by atoms with Gasteiger partial charge in [0.25, 0.3) is 0 Å². The molecule has 0 atom stereocenters. The standard InChI is InChI=1S/C22H29N3O2/c1-27-21-11-5-4-8-18(21)12-13-23-22(26)24-16-19-9-2-3-10-20(19)17-25-14-6-7-15-25/h2-5,8-11H,6-7,12-17H2,1H3,(H2,23,24,26). The molecular formula is C22H29N3O2. The first-order valence-electron chi connectivity index (χ1n) is 9.69. The molecule has 0 bridgehead atoms. The first kappa shape index (κ1) is 19.2. The molecule has 0 aliphatic carbocycles. The summed E-state index contributed by atoms with van der Waals surface area (Å²) in [6, 6.07) is 16.1. The summed E-state index contributed by atoms with van der Waals surface area (Å²) in [5.74, 6) is 0.857. The van der Waals surface area contributed by atoms with Gasteiger partial charge in [-0.2, -0.15) is 0 Å². The van der Waals surface area contributed by atoms with Gasteiger partial charge in [-0.15, -0.1) is 0 Å². The molecule has 2 aromatic rings. The van der Waals surface area contributed by atoms with E-state index in [1.165, 1.54) is 37.1 Å². The van der Waals surface area contributed by atoms with Crippen molar-refractivity contribution < 1.29 is 9.53 Å². The minimum absolute atomic E-state index is 0.138. The molecule has 1 aliphatic heterocycles. The number of hydrogen-bond acceptors (Lipinski definition) is 3. The highest BCUT2D eigenvalue weighted by Gasteiger charge is 2.13. The molecule has 5 heteroatoms. The largest absolute Gasteiger partial charge is 0.496 e. The Morgan fingerprint density at radius 1 is 0.963 bits per heavy atom. The maximum atomic E-state index is 12.2. The number of urea groups is 1. The lowest BCUT2D eigenvalue weighted by Crippen LogP contribution is -2.36. The molecule has 3 rings (SSSR count). The van der Waals surface area contributed by atoms with E-state index < -0.39 is 0 Å². The van der Waals surface area contributed by atoms with Crippen molar-refractivity contribution in [3.05, 3.63) is 65.2 Å². The zero-order chi connectivity index (χ0) is 18.9. The van der Waals surface area contributed by atoms with Crippen LogP contribution in [-0.4, -0.2) is 37.7 Å². The fraction of sp³-hybridized carbons (Fsp3) is 0.409. The minimum atomic E-state index is -0.138. The third-order valence-corrected chi connectivity index (χ3v) is 5.02. The molecule has 27 heavy (non-hydrogen) atoms. The molecular weight excluding hydrogens is 338 g/mol. The van der Waals surface area contributed by atoms with Crippen LogP contribution in [0.4, 0.5) is 4.79 Å². The van der Waals surface area contributed by atoms with Crippen molar-refractivity contribution in [2.24, 2.45) is 0 Å². The van der Waals surface area contributed by atoms with Crippen LogP contribution < -0.4 is 15.4 Å². The third kappa shape index (κ3) is 5.73. The Labute approximate surface area is 161 Å². The van der Waals surface area contributed by atoms with Crippen LogP contribution in [0.1, 0.15) is 29.5 Å². The maximum absolute atomic E-state index is 12.2. The Balaban J connectivity index is 1.45. The number of carbonyl (C=O) groups excluding carboxylic acids is 1. The van der Waals surface area contributed by atoms with Crippen molar-refractivity contribution in [1.82, 2.24) is 15.5 Å². The van der Waals surface area contributed by atoms with E-state index in [1.54, 1.807) is 7.11 Å². The van der Waals surface area contributed by atoms with E-state index >= 15 is 0 Å². The van der Waals surface area contributed by atoms with Gasteiger partial charge in [0.1, 0.15) is 5.75 Å². The van der Waals surface area contributed by atoms with E-state index in [0.29, 0.717) is 13.1 Å². The molecule has 0 unspecified atom stereocenters. The predicted molar refractivity (Wildman–Crippen MR) is 108 cm³/mol. The van der Waals surface area contributed by atoms with Gasteiger partial charge in [-0.25, -0.2) is 4.79 Å². The van der Waals surface area contributed by atoms with Crippen molar-refractivity contribution in [3.8, 4) is 5.75 Å². The lowest BCUT2D eigenvalue weighted by atomic mass is 10.1. The third-order valence-electron chi connectivity index (χ3n) is 5.02. The number of amides is 2. The molecule has 0 spiro atoms. The average molecular weight is 367 g/mol. The zero-order valence-electron chi connectivity index (χ0n) is 16.0. The number of nitrogens with zero attached hydrogens (tertiary/aromatic N) is 1. The molecule has 2 aromatic carbocycles. The second-order valence-electron chi connectivity index (χ2n) is 6.92. The fourth-order valence-electron chi connectivity index (χ4n) is 3.52. The highest BCUT2D eigenvalue weighted by atomic mass is 16.5. The van der Waals surface area contributed by atoms with E-state index in [9.17, 15) is 4.79 Å². The van der Waals surface area contributed by atoms with Gasteiger partial charge < -0.3 is 15.4 Å². The summed E-state index contributed by atoms with van der Waals surface area (Å²) < 4.78 is 5.34. The lowest BCUT2D eigenvalue weighted by molar-refractivity contribution is 0.240. The molecule has 1 fully saturated rings. The van der Waals surface area contributed by atoms with Gasteiger partial charge in [0.05, 0.1) is 7.11 Å². The second kappa shape index (κ2) is 9.97. The van der Waals surface area contributed by atoms with Crippen molar-refractivity contribution in [2.75, 3.05) is 26.7 Å². The number of rotatable bonds is 8. The number of likely N-dealkylation sites (tertiary alicyclic amines) is 1. The number of benzene rings is 2. The van der Waals surface area contributed by atoms with Crippen LogP contribution >= 0.6 is 0 Å². The van der Waals surface area contributed by atoms with Crippen molar-refractivity contribution in [2.45, 2.75) is 32.4 Å². The topological polar surface area (TPSA) is 53.6 Å². The number of para-hydroxylation sites is 1. The van der Waals surface area contributed by atoms with E-state index in [-0.39, 0.29) is 6.03 Å². The Morgan fingerprint density at radius 2 is 1.63 bits per heavy atom. The van der Waals surface area contributed by atoms with Crippen LogP contribution in [0, 0.1) is 0 Å². The summed E-state index contributed by atoms with van der Waals surface area (Å²) in [6.45, 7) is 4.43. The molecule has 1 aliphatic rings. The summed E-state index contributed by atoms with van der Waals surface area (Å²) in [4.78, 5) is 14.6. The fourth-order valence-corrected chi connectivity index (χ4v) is 3.52. The number of hydrogen-bond donors (Lipinski definition) is 2. The quantitative estimate of drug-likeness (QED) is 0.752. The van der Waals surface area contributed by atoms with Gasteiger partial charge in [-0.3, -0.25) is 4.90 Å². The van der Waals surface area contributed by atoms with Gasteiger partial charge in [0.2, 0.25) is 0 Å². The number of ether oxygens (including phenoxy) is 1. The maximum Gasteiger partial charge on any atom is 0.315 e. The van der Waals surface area contributed by atoms with Gasteiger partial charge in [0, 0.05) is 19.6 Å². The van der Waals surface area contributed by atoms with Crippen molar-refractivity contribution in [1.29, 1.82) is 0 Å². The molecule has 0 aromatic heterocycles. The first-order chi connectivity index (χ1) is 13.3. The molecule has 2 N–H and O–H groups in total. The summed E-state index contributed by atoms with van der Waals surface area (Å²) in [7, 11) is 1.67. The molecule has 0 saturated carbocycles. The van der Waals surface area contributed by atoms with E-state index in [2.05, 4.69) is 33.7 Å². The van der Waals surface area contributed by atoms with E-state index in [1.807, 2.05) is 30.3 Å². The smallest absolute Gasteiger partial charge is 0.315 e. The second-order valence-corrected chi connectivity index (χ2v) is 6.92. The summed E-state index contributed by atoms with van der Waals surface area (Å²) in [5.41, 5.74) is 3.58. The number of methoxy groups -OCH3 is 1. The first-order valence-corrected chi connectivity index (χ1v) is 9.69. The predicted octanol–water partition coefficient (Wildman–Crippen LogP) is 3.33.